The quantitative estimate of drug-likeness (QED) is 0.788. The van der Waals surface area contributed by atoms with Gasteiger partial charge in [0.1, 0.15) is 12.4 Å². The van der Waals surface area contributed by atoms with Crippen LogP contribution in [0.5, 0.6) is 0 Å². The van der Waals surface area contributed by atoms with E-state index in [0.717, 1.165) is 17.1 Å². The van der Waals surface area contributed by atoms with Gasteiger partial charge >= 0.3 is 0 Å². The van der Waals surface area contributed by atoms with Crippen molar-refractivity contribution in [3.8, 4) is 11.4 Å². The third-order valence-electron chi connectivity index (χ3n) is 3.57. The van der Waals surface area contributed by atoms with Crippen LogP contribution in [0.15, 0.2) is 67.1 Å². The lowest BCUT2D eigenvalue weighted by Gasteiger charge is -2.14. The Bertz CT molecular complexity index is 768. The molecule has 0 aliphatic heterocycles. The van der Waals surface area contributed by atoms with Crippen molar-refractivity contribution in [1.29, 1.82) is 0 Å². The van der Waals surface area contributed by atoms with Gasteiger partial charge in [0.15, 0.2) is 0 Å². The van der Waals surface area contributed by atoms with Crippen molar-refractivity contribution in [3.63, 3.8) is 0 Å². The van der Waals surface area contributed by atoms with E-state index in [9.17, 15) is 4.79 Å². The number of rotatable bonds is 5. The summed E-state index contributed by atoms with van der Waals surface area (Å²) in [6.45, 7) is 2.15. The molecule has 1 atom stereocenters. The molecule has 23 heavy (non-hydrogen) atoms. The Kier molecular flexibility index (Phi) is 4.47. The summed E-state index contributed by atoms with van der Waals surface area (Å²) in [7, 11) is 0. The van der Waals surface area contributed by atoms with Gasteiger partial charge in [-0.1, -0.05) is 36.4 Å². The molecule has 1 N–H and O–H groups in total. The zero-order chi connectivity index (χ0) is 16.1. The van der Waals surface area contributed by atoms with Crippen molar-refractivity contribution in [2.75, 3.05) is 0 Å². The number of carbonyl (C=O) groups is 1. The molecule has 0 spiro atoms. The number of benzene rings is 1. The molecule has 2 heterocycles. The lowest BCUT2D eigenvalue weighted by molar-refractivity contribution is -0.122. The number of pyridine rings is 1. The molecule has 0 radical (unpaired) electrons. The summed E-state index contributed by atoms with van der Waals surface area (Å²) < 4.78 is 1.84. The molecule has 0 bridgehead atoms. The molecule has 5 nitrogen and oxygen atoms in total. The van der Waals surface area contributed by atoms with Gasteiger partial charge in [-0.15, -0.1) is 0 Å². The first-order valence-corrected chi connectivity index (χ1v) is 7.51. The Balaban J connectivity index is 1.69. The number of hydrogen-bond donors (Lipinski definition) is 1. The van der Waals surface area contributed by atoms with Gasteiger partial charge in [0.2, 0.25) is 5.91 Å². The van der Waals surface area contributed by atoms with Gasteiger partial charge in [0.25, 0.3) is 0 Å². The van der Waals surface area contributed by atoms with Crippen LogP contribution in [-0.2, 0) is 11.3 Å². The number of aromatic nitrogens is 3. The Morgan fingerprint density at radius 2 is 1.87 bits per heavy atom. The first-order chi connectivity index (χ1) is 11.2. The van der Waals surface area contributed by atoms with Gasteiger partial charge in [-0.2, -0.15) is 0 Å². The van der Waals surface area contributed by atoms with Crippen LogP contribution in [0, 0.1) is 0 Å². The molecular weight excluding hydrogens is 288 g/mol. The molecule has 3 aromatic rings. The first kappa shape index (κ1) is 15.0. The Morgan fingerprint density at radius 3 is 2.61 bits per heavy atom. The SMILES string of the molecule is C[C@@H](NC(=O)Cn1ccnc1-c1ccccc1)c1ccccn1. The topological polar surface area (TPSA) is 59.8 Å². The number of amides is 1. The average molecular weight is 306 g/mol. The predicted molar refractivity (Wildman–Crippen MR) is 88.5 cm³/mol. The van der Waals surface area contributed by atoms with Crippen LogP contribution in [0.25, 0.3) is 11.4 Å². The zero-order valence-corrected chi connectivity index (χ0v) is 12.9. The maximum Gasteiger partial charge on any atom is 0.240 e. The van der Waals surface area contributed by atoms with E-state index in [1.165, 1.54) is 0 Å². The molecule has 0 aliphatic carbocycles. The van der Waals surface area contributed by atoms with Crippen molar-refractivity contribution in [2.45, 2.75) is 19.5 Å². The van der Waals surface area contributed by atoms with Crippen LogP contribution in [-0.4, -0.2) is 20.4 Å². The van der Waals surface area contributed by atoms with Gasteiger partial charge in [0.05, 0.1) is 11.7 Å². The molecule has 0 fully saturated rings. The third-order valence-corrected chi connectivity index (χ3v) is 3.57. The highest BCUT2D eigenvalue weighted by Gasteiger charge is 2.13. The minimum atomic E-state index is -0.132. The third kappa shape index (κ3) is 3.63. The van der Waals surface area contributed by atoms with E-state index >= 15 is 0 Å². The molecule has 5 heteroatoms. The Hall–Kier alpha value is -2.95. The summed E-state index contributed by atoms with van der Waals surface area (Å²) in [6, 6.07) is 15.4. The van der Waals surface area contributed by atoms with Gasteiger partial charge in [-0.3, -0.25) is 9.78 Å². The predicted octanol–water partition coefficient (Wildman–Crippen LogP) is 2.82. The summed E-state index contributed by atoms with van der Waals surface area (Å²) in [5.74, 6) is 0.713. The van der Waals surface area contributed by atoms with E-state index < -0.39 is 0 Å². The highest BCUT2D eigenvalue weighted by Crippen LogP contribution is 2.16. The Labute approximate surface area is 135 Å². The van der Waals surface area contributed by atoms with Gasteiger partial charge in [0, 0.05) is 24.2 Å². The number of carbonyl (C=O) groups excluding carboxylic acids is 1. The molecule has 0 saturated heterocycles. The van der Waals surface area contributed by atoms with Gasteiger partial charge in [-0.25, -0.2) is 4.98 Å². The maximum atomic E-state index is 12.3. The van der Waals surface area contributed by atoms with Gasteiger partial charge in [-0.05, 0) is 19.1 Å². The lowest BCUT2D eigenvalue weighted by Crippen LogP contribution is -2.30. The second kappa shape index (κ2) is 6.87. The van der Waals surface area contributed by atoms with Crippen LogP contribution in [0.2, 0.25) is 0 Å². The summed E-state index contributed by atoms with van der Waals surface area (Å²) >= 11 is 0. The Morgan fingerprint density at radius 1 is 1.09 bits per heavy atom. The van der Waals surface area contributed by atoms with E-state index in [0.29, 0.717) is 0 Å². The second-order valence-corrected chi connectivity index (χ2v) is 5.29. The minimum absolute atomic E-state index is 0.0710. The number of nitrogens with zero attached hydrogens (tertiary/aromatic N) is 3. The standard InChI is InChI=1S/C18H18N4O/c1-14(16-9-5-6-10-19-16)21-17(23)13-22-12-11-20-18(22)15-7-3-2-4-8-15/h2-12,14H,13H2,1H3,(H,21,23)/t14-/m1/s1. The van der Waals surface area contributed by atoms with Crippen LogP contribution < -0.4 is 5.32 Å². The minimum Gasteiger partial charge on any atom is -0.346 e. The number of imidazole rings is 1. The molecular formula is C18H18N4O. The lowest BCUT2D eigenvalue weighted by atomic mass is 10.2. The fraction of sp³-hybridized carbons (Fsp3) is 0.167. The highest BCUT2D eigenvalue weighted by atomic mass is 16.2. The summed E-state index contributed by atoms with van der Waals surface area (Å²) in [4.78, 5) is 20.9. The maximum absolute atomic E-state index is 12.3. The smallest absolute Gasteiger partial charge is 0.240 e. The molecule has 2 aromatic heterocycles. The fourth-order valence-electron chi connectivity index (χ4n) is 2.43. The average Bonchev–Trinajstić information content (AvgIpc) is 3.04. The zero-order valence-electron chi connectivity index (χ0n) is 12.9. The van der Waals surface area contributed by atoms with E-state index in [2.05, 4.69) is 15.3 Å². The summed E-state index contributed by atoms with van der Waals surface area (Å²) in [5.41, 5.74) is 1.83. The monoisotopic (exact) mass is 306 g/mol. The van der Waals surface area contributed by atoms with E-state index in [-0.39, 0.29) is 18.5 Å². The molecule has 0 unspecified atom stereocenters. The van der Waals surface area contributed by atoms with E-state index in [4.69, 9.17) is 0 Å². The molecule has 0 aliphatic rings. The van der Waals surface area contributed by atoms with Crippen LogP contribution in [0.3, 0.4) is 0 Å². The molecule has 116 valence electrons. The van der Waals surface area contributed by atoms with Crippen LogP contribution in [0.1, 0.15) is 18.7 Å². The number of nitrogens with one attached hydrogen (secondary N) is 1. The van der Waals surface area contributed by atoms with E-state index in [1.807, 2.05) is 66.2 Å². The summed E-state index contributed by atoms with van der Waals surface area (Å²) in [6.07, 6.45) is 5.24. The van der Waals surface area contributed by atoms with Crippen molar-refractivity contribution >= 4 is 5.91 Å². The highest BCUT2D eigenvalue weighted by molar-refractivity contribution is 5.77. The first-order valence-electron chi connectivity index (χ1n) is 7.51. The molecule has 1 aromatic carbocycles. The van der Waals surface area contributed by atoms with Crippen molar-refractivity contribution in [1.82, 2.24) is 19.9 Å². The van der Waals surface area contributed by atoms with Crippen LogP contribution >= 0.6 is 0 Å². The normalized spacial score (nSPS) is 11.9. The second-order valence-electron chi connectivity index (χ2n) is 5.29. The summed E-state index contributed by atoms with van der Waals surface area (Å²) in [5, 5.41) is 2.96. The molecule has 3 rings (SSSR count). The van der Waals surface area contributed by atoms with Crippen molar-refractivity contribution in [2.24, 2.45) is 0 Å². The van der Waals surface area contributed by atoms with E-state index in [1.54, 1.807) is 12.4 Å². The van der Waals surface area contributed by atoms with Gasteiger partial charge < -0.3 is 9.88 Å². The molecule has 1 amide bonds. The fourth-order valence-corrected chi connectivity index (χ4v) is 2.43. The van der Waals surface area contributed by atoms with Crippen molar-refractivity contribution in [3.05, 3.63) is 72.8 Å². The largest absolute Gasteiger partial charge is 0.346 e. The van der Waals surface area contributed by atoms with Crippen LogP contribution in [0.4, 0.5) is 0 Å². The molecule has 0 saturated carbocycles. The number of hydrogen-bond acceptors (Lipinski definition) is 3. The van der Waals surface area contributed by atoms with Crippen molar-refractivity contribution < 1.29 is 4.79 Å².